The second-order valence-electron chi connectivity index (χ2n) is 3.64. The van der Waals surface area contributed by atoms with Crippen molar-refractivity contribution in [1.82, 2.24) is 9.88 Å². The van der Waals surface area contributed by atoms with Crippen molar-refractivity contribution in [2.75, 3.05) is 7.05 Å². The zero-order chi connectivity index (χ0) is 12.3. The minimum atomic E-state index is -1.25. The largest absolute Gasteiger partial charge is 0.339 e. The Kier molecular flexibility index (Phi) is 3.93. The number of aromatic nitrogens is 1. The molecule has 0 bridgehead atoms. The smallest absolute Gasteiger partial charge is 0.257 e. The quantitative estimate of drug-likeness (QED) is 0.743. The Labute approximate surface area is 93.1 Å². The third-order valence-electron chi connectivity index (χ3n) is 2.65. The van der Waals surface area contributed by atoms with Gasteiger partial charge in [0.25, 0.3) is 5.91 Å². The van der Waals surface area contributed by atoms with Crippen LogP contribution in [0.1, 0.15) is 30.6 Å². The maximum Gasteiger partial charge on any atom is 0.257 e. The molecule has 1 atom stereocenters. The van der Waals surface area contributed by atoms with Crippen LogP contribution in [0.3, 0.4) is 0 Å². The lowest BCUT2D eigenvalue weighted by molar-refractivity contribution is 0.0734. The highest BCUT2D eigenvalue weighted by molar-refractivity contribution is 5.94. The van der Waals surface area contributed by atoms with Crippen LogP contribution in [-0.2, 0) is 0 Å². The predicted molar refractivity (Wildman–Crippen MR) is 56.0 cm³/mol. The molecule has 0 aliphatic rings. The van der Waals surface area contributed by atoms with Crippen molar-refractivity contribution in [2.45, 2.75) is 26.3 Å². The highest BCUT2D eigenvalue weighted by atomic mass is 19.2. The minimum absolute atomic E-state index is 0.0249. The second-order valence-corrected chi connectivity index (χ2v) is 3.64. The van der Waals surface area contributed by atoms with Crippen LogP contribution in [-0.4, -0.2) is 28.9 Å². The summed E-state index contributed by atoms with van der Waals surface area (Å²) in [4.78, 5) is 16.3. The van der Waals surface area contributed by atoms with Gasteiger partial charge in [0.05, 0.1) is 5.56 Å². The van der Waals surface area contributed by atoms with E-state index in [1.165, 1.54) is 11.0 Å². The Bertz CT molecular complexity index is 396. The number of carbonyl (C=O) groups is 1. The molecule has 1 aromatic heterocycles. The summed E-state index contributed by atoms with van der Waals surface area (Å²) in [7, 11) is 1.56. The van der Waals surface area contributed by atoms with E-state index in [0.29, 0.717) is 0 Å². The first kappa shape index (κ1) is 12.5. The molecule has 0 radical (unpaired) electrons. The second kappa shape index (κ2) is 5.01. The van der Waals surface area contributed by atoms with Crippen LogP contribution in [0.4, 0.5) is 8.78 Å². The normalized spacial score (nSPS) is 12.3. The lowest BCUT2D eigenvalue weighted by Gasteiger charge is -2.23. The fraction of sp³-hybridized carbons (Fsp3) is 0.455. The average molecular weight is 228 g/mol. The van der Waals surface area contributed by atoms with Crippen molar-refractivity contribution in [1.29, 1.82) is 0 Å². The van der Waals surface area contributed by atoms with Crippen LogP contribution in [0.5, 0.6) is 0 Å². The Balaban J connectivity index is 3.01. The zero-order valence-corrected chi connectivity index (χ0v) is 9.50. The SMILES string of the molecule is CCC(C)N(C)C(=O)c1ccnc(F)c1F. The predicted octanol–water partition coefficient (Wildman–Crippen LogP) is 2.23. The summed E-state index contributed by atoms with van der Waals surface area (Å²) in [5.74, 6) is -2.97. The Morgan fingerprint density at radius 1 is 1.56 bits per heavy atom. The average Bonchev–Trinajstić information content (AvgIpc) is 2.29. The molecule has 0 N–H and O–H groups in total. The number of amides is 1. The van der Waals surface area contributed by atoms with Gasteiger partial charge in [-0.2, -0.15) is 4.39 Å². The highest BCUT2D eigenvalue weighted by Crippen LogP contribution is 2.13. The summed E-state index contributed by atoms with van der Waals surface area (Å²) in [5.41, 5.74) is -0.282. The minimum Gasteiger partial charge on any atom is -0.339 e. The Morgan fingerprint density at radius 3 is 2.75 bits per heavy atom. The van der Waals surface area contributed by atoms with Gasteiger partial charge in [0.2, 0.25) is 5.95 Å². The van der Waals surface area contributed by atoms with Crippen molar-refractivity contribution < 1.29 is 13.6 Å². The molecule has 1 unspecified atom stereocenters. The van der Waals surface area contributed by atoms with Gasteiger partial charge >= 0.3 is 0 Å². The summed E-state index contributed by atoms with van der Waals surface area (Å²) in [6.45, 7) is 3.76. The van der Waals surface area contributed by atoms with Gasteiger partial charge in [0, 0.05) is 19.3 Å². The third kappa shape index (κ3) is 2.35. The van der Waals surface area contributed by atoms with E-state index in [4.69, 9.17) is 0 Å². The van der Waals surface area contributed by atoms with Gasteiger partial charge in [-0.25, -0.2) is 9.37 Å². The summed E-state index contributed by atoms with van der Waals surface area (Å²) in [6, 6.07) is 1.16. The molecule has 0 spiro atoms. The van der Waals surface area contributed by atoms with Gasteiger partial charge in [-0.1, -0.05) is 6.92 Å². The standard InChI is InChI=1S/C11H14F2N2O/c1-4-7(2)15(3)11(16)8-5-6-14-10(13)9(8)12/h5-7H,4H2,1-3H3. The van der Waals surface area contributed by atoms with E-state index in [2.05, 4.69) is 4.98 Å². The maximum atomic E-state index is 13.3. The van der Waals surface area contributed by atoms with E-state index in [1.807, 2.05) is 13.8 Å². The molecule has 0 saturated heterocycles. The first-order valence-electron chi connectivity index (χ1n) is 5.06. The van der Waals surface area contributed by atoms with Gasteiger partial charge in [0.15, 0.2) is 5.82 Å². The lowest BCUT2D eigenvalue weighted by atomic mass is 10.1. The molecule has 1 heterocycles. The van der Waals surface area contributed by atoms with Gasteiger partial charge in [-0.3, -0.25) is 4.79 Å². The molecule has 5 heteroatoms. The molecule has 3 nitrogen and oxygen atoms in total. The van der Waals surface area contributed by atoms with Gasteiger partial charge in [-0.15, -0.1) is 0 Å². The van der Waals surface area contributed by atoms with E-state index >= 15 is 0 Å². The molecule has 0 fully saturated rings. The fourth-order valence-electron chi connectivity index (χ4n) is 1.25. The number of pyridine rings is 1. The third-order valence-corrected chi connectivity index (χ3v) is 2.65. The number of carbonyl (C=O) groups excluding carboxylic acids is 1. The van der Waals surface area contributed by atoms with Gasteiger partial charge < -0.3 is 4.90 Å². The van der Waals surface area contributed by atoms with Crippen LogP contribution in [0.2, 0.25) is 0 Å². The fourth-order valence-corrected chi connectivity index (χ4v) is 1.25. The summed E-state index contributed by atoms with van der Waals surface area (Å²) < 4.78 is 26.1. The lowest BCUT2D eigenvalue weighted by Crippen LogP contribution is -2.35. The Morgan fingerprint density at radius 2 is 2.19 bits per heavy atom. The summed E-state index contributed by atoms with van der Waals surface area (Å²) in [5, 5.41) is 0. The van der Waals surface area contributed by atoms with E-state index in [-0.39, 0.29) is 11.6 Å². The number of nitrogens with zero attached hydrogens (tertiary/aromatic N) is 2. The first-order chi connectivity index (χ1) is 7.49. The van der Waals surface area contributed by atoms with Crippen LogP contribution < -0.4 is 0 Å². The van der Waals surface area contributed by atoms with E-state index in [1.54, 1.807) is 7.05 Å². The molecule has 0 aromatic carbocycles. The molecule has 1 rings (SSSR count). The topological polar surface area (TPSA) is 33.2 Å². The van der Waals surface area contributed by atoms with E-state index in [9.17, 15) is 13.6 Å². The maximum absolute atomic E-state index is 13.3. The molecule has 0 saturated carbocycles. The van der Waals surface area contributed by atoms with Crippen LogP contribution >= 0.6 is 0 Å². The van der Waals surface area contributed by atoms with Crippen LogP contribution in [0.15, 0.2) is 12.3 Å². The van der Waals surface area contributed by atoms with Crippen molar-refractivity contribution in [2.24, 2.45) is 0 Å². The highest BCUT2D eigenvalue weighted by Gasteiger charge is 2.21. The zero-order valence-electron chi connectivity index (χ0n) is 9.50. The molecule has 0 aliphatic heterocycles. The molecule has 0 aliphatic carbocycles. The first-order valence-corrected chi connectivity index (χ1v) is 5.06. The van der Waals surface area contributed by atoms with Crippen molar-refractivity contribution in [3.05, 3.63) is 29.6 Å². The number of hydrogen-bond donors (Lipinski definition) is 0. The summed E-state index contributed by atoms with van der Waals surface area (Å²) in [6.07, 6.45) is 1.83. The monoisotopic (exact) mass is 228 g/mol. The Hall–Kier alpha value is -1.52. The van der Waals surface area contributed by atoms with Crippen molar-refractivity contribution in [3.63, 3.8) is 0 Å². The van der Waals surface area contributed by atoms with E-state index < -0.39 is 17.7 Å². The van der Waals surface area contributed by atoms with Crippen molar-refractivity contribution >= 4 is 5.91 Å². The van der Waals surface area contributed by atoms with Crippen LogP contribution in [0.25, 0.3) is 0 Å². The van der Waals surface area contributed by atoms with Crippen LogP contribution in [0, 0.1) is 11.8 Å². The number of halogens is 2. The number of rotatable bonds is 3. The molecule has 1 amide bonds. The molecular formula is C11H14F2N2O. The summed E-state index contributed by atoms with van der Waals surface area (Å²) >= 11 is 0. The van der Waals surface area contributed by atoms with E-state index in [0.717, 1.165) is 12.6 Å². The van der Waals surface area contributed by atoms with Gasteiger partial charge in [0.1, 0.15) is 0 Å². The molecule has 16 heavy (non-hydrogen) atoms. The molecular weight excluding hydrogens is 214 g/mol. The van der Waals surface area contributed by atoms with Gasteiger partial charge in [-0.05, 0) is 19.4 Å². The number of hydrogen-bond acceptors (Lipinski definition) is 2. The van der Waals surface area contributed by atoms with Crippen molar-refractivity contribution in [3.8, 4) is 0 Å². The molecule has 88 valence electrons. The molecule has 1 aromatic rings.